The molecule has 0 unspecified atom stereocenters. The van der Waals surface area contributed by atoms with Crippen LogP contribution in [0.15, 0.2) is 24.3 Å². The van der Waals surface area contributed by atoms with Gasteiger partial charge >= 0.3 is 5.97 Å². The number of carbonyl (C=O) groups is 2. The largest absolute Gasteiger partial charge is 0.462 e. The van der Waals surface area contributed by atoms with E-state index in [0.717, 1.165) is 36.0 Å². The second-order valence-electron chi connectivity index (χ2n) is 7.81. The number of nitrogens with zero attached hydrogens (tertiary/aromatic N) is 3. The van der Waals surface area contributed by atoms with E-state index < -0.39 is 0 Å². The Morgan fingerprint density at radius 1 is 1.17 bits per heavy atom. The Bertz CT molecular complexity index is 907. The maximum Gasteiger partial charge on any atom is 0.342 e. The van der Waals surface area contributed by atoms with E-state index in [1.807, 2.05) is 45.0 Å². The Balaban J connectivity index is 1.79. The minimum Gasteiger partial charge on any atom is -0.462 e. The van der Waals surface area contributed by atoms with Crippen molar-refractivity contribution in [2.45, 2.75) is 40.2 Å². The Hall–Kier alpha value is -2.67. The van der Waals surface area contributed by atoms with Gasteiger partial charge in [-0.15, -0.1) is 0 Å². The summed E-state index contributed by atoms with van der Waals surface area (Å²) in [6.07, 6.45) is 0.920. The normalized spacial score (nSPS) is 15.8. The molecule has 30 heavy (non-hydrogen) atoms. The minimum atomic E-state index is -0.335. The Kier molecular flexibility index (Phi) is 7.26. The highest BCUT2D eigenvalue weighted by Crippen LogP contribution is 2.29. The first-order chi connectivity index (χ1) is 14.4. The standard InChI is InChI=1S/C23H32N4O3/c1-5-16(3)24-20(28)15-26-11-13-27(14-12-26)22-21(23(29)30-6-2)17(4)18-9-7-8-10-19(18)25-22/h7-10,16H,5-6,11-15H2,1-4H3,(H,24,28)/t16-/m0/s1. The van der Waals surface area contributed by atoms with Gasteiger partial charge in [0.05, 0.1) is 18.7 Å². The molecule has 2 aromatic rings. The molecule has 0 spiro atoms. The van der Waals surface area contributed by atoms with E-state index in [9.17, 15) is 9.59 Å². The summed E-state index contributed by atoms with van der Waals surface area (Å²) in [6, 6.07) is 8.05. The van der Waals surface area contributed by atoms with Crippen molar-refractivity contribution in [3.63, 3.8) is 0 Å². The Morgan fingerprint density at radius 2 is 1.87 bits per heavy atom. The lowest BCUT2D eigenvalue weighted by molar-refractivity contribution is -0.122. The van der Waals surface area contributed by atoms with Gasteiger partial charge in [-0.05, 0) is 38.8 Å². The highest BCUT2D eigenvalue weighted by Gasteiger charge is 2.27. The average molecular weight is 413 g/mol. The lowest BCUT2D eigenvalue weighted by atomic mass is 10.0. The maximum absolute atomic E-state index is 12.8. The minimum absolute atomic E-state index is 0.0599. The van der Waals surface area contributed by atoms with Crippen molar-refractivity contribution < 1.29 is 14.3 Å². The number of fused-ring (bicyclic) bond motifs is 1. The van der Waals surface area contributed by atoms with E-state index in [2.05, 4.69) is 22.0 Å². The molecule has 1 aromatic heterocycles. The molecule has 1 saturated heterocycles. The van der Waals surface area contributed by atoms with Crippen LogP contribution in [0, 0.1) is 6.92 Å². The number of benzene rings is 1. The molecule has 1 aliphatic rings. The number of ether oxygens (including phenoxy) is 1. The van der Waals surface area contributed by atoms with Crippen molar-refractivity contribution in [1.82, 2.24) is 15.2 Å². The molecule has 1 N–H and O–H groups in total. The van der Waals surface area contributed by atoms with E-state index in [4.69, 9.17) is 9.72 Å². The maximum atomic E-state index is 12.8. The van der Waals surface area contributed by atoms with Crippen LogP contribution >= 0.6 is 0 Å². The predicted octanol–water partition coefficient (Wildman–Crippen LogP) is 2.76. The van der Waals surface area contributed by atoms with Gasteiger partial charge in [0.25, 0.3) is 0 Å². The van der Waals surface area contributed by atoms with Gasteiger partial charge in [-0.25, -0.2) is 9.78 Å². The number of pyridine rings is 1. The second-order valence-corrected chi connectivity index (χ2v) is 7.81. The molecule has 0 radical (unpaired) electrons. The van der Waals surface area contributed by atoms with Gasteiger partial charge in [-0.2, -0.15) is 0 Å². The molecule has 0 saturated carbocycles. The number of para-hydroxylation sites is 1. The number of carbonyl (C=O) groups excluding carboxylic acids is 2. The summed E-state index contributed by atoms with van der Waals surface area (Å²) < 4.78 is 5.34. The molecule has 0 aliphatic carbocycles. The zero-order valence-electron chi connectivity index (χ0n) is 18.4. The predicted molar refractivity (Wildman–Crippen MR) is 119 cm³/mol. The van der Waals surface area contributed by atoms with Crippen LogP contribution in [0.1, 0.15) is 43.1 Å². The van der Waals surface area contributed by atoms with Crippen LogP contribution in [0.2, 0.25) is 0 Å². The van der Waals surface area contributed by atoms with Crippen molar-refractivity contribution in [2.24, 2.45) is 0 Å². The van der Waals surface area contributed by atoms with Crippen molar-refractivity contribution in [3.05, 3.63) is 35.4 Å². The first-order valence-electron chi connectivity index (χ1n) is 10.8. The monoisotopic (exact) mass is 412 g/mol. The highest BCUT2D eigenvalue weighted by molar-refractivity contribution is 6.02. The number of aryl methyl sites for hydroxylation is 1. The summed E-state index contributed by atoms with van der Waals surface area (Å²) in [6.45, 7) is 11.4. The molecular formula is C23H32N4O3. The lowest BCUT2D eigenvalue weighted by Crippen LogP contribution is -2.50. The van der Waals surface area contributed by atoms with E-state index in [1.54, 1.807) is 0 Å². The molecule has 1 amide bonds. The molecule has 1 fully saturated rings. The summed E-state index contributed by atoms with van der Waals surface area (Å²) in [5, 5.41) is 3.98. The third-order valence-electron chi connectivity index (χ3n) is 5.67. The number of hydrogen-bond donors (Lipinski definition) is 1. The number of esters is 1. The lowest BCUT2D eigenvalue weighted by Gasteiger charge is -2.36. The fraction of sp³-hybridized carbons (Fsp3) is 0.522. The summed E-state index contributed by atoms with van der Waals surface area (Å²) in [7, 11) is 0. The summed E-state index contributed by atoms with van der Waals surface area (Å²) >= 11 is 0. The van der Waals surface area contributed by atoms with E-state index >= 15 is 0 Å². The van der Waals surface area contributed by atoms with Crippen LogP contribution in [-0.4, -0.2) is 67.1 Å². The molecule has 2 heterocycles. The molecule has 1 aliphatic heterocycles. The van der Waals surface area contributed by atoms with Gasteiger partial charge in [0.1, 0.15) is 11.4 Å². The van der Waals surface area contributed by atoms with Gasteiger partial charge in [-0.3, -0.25) is 9.69 Å². The van der Waals surface area contributed by atoms with Crippen LogP contribution in [0.4, 0.5) is 5.82 Å². The van der Waals surface area contributed by atoms with Gasteiger partial charge in [0, 0.05) is 37.6 Å². The topological polar surface area (TPSA) is 74.8 Å². The SMILES string of the molecule is CCOC(=O)c1c(N2CCN(CC(=O)N[C@@H](C)CC)CC2)nc2ccccc2c1C. The summed E-state index contributed by atoms with van der Waals surface area (Å²) in [4.78, 5) is 34.1. The van der Waals surface area contributed by atoms with Gasteiger partial charge in [0.15, 0.2) is 0 Å². The van der Waals surface area contributed by atoms with E-state index in [1.165, 1.54) is 0 Å². The van der Waals surface area contributed by atoms with Crippen LogP contribution in [0.3, 0.4) is 0 Å². The van der Waals surface area contributed by atoms with Gasteiger partial charge in [0.2, 0.25) is 5.91 Å². The first kappa shape index (κ1) is 22.0. The number of anilines is 1. The number of hydrogen-bond acceptors (Lipinski definition) is 6. The Morgan fingerprint density at radius 3 is 2.53 bits per heavy atom. The number of nitrogens with one attached hydrogen (secondary N) is 1. The molecule has 1 atom stereocenters. The van der Waals surface area contributed by atoms with Crippen molar-refractivity contribution in [3.8, 4) is 0 Å². The average Bonchev–Trinajstić information content (AvgIpc) is 2.74. The zero-order valence-corrected chi connectivity index (χ0v) is 18.4. The zero-order chi connectivity index (χ0) is 21.7. The quantitative estimate of drug-likeness (QED) is 0.705. The third-order valence-corrected chi connectivity index (χ3v) is 5.67. The molecule has 0 bridgehead atoms. The molecule has 3 rings (SSSR count). The smallest absolute Gasteiger partial charge is 0.342 e. The number of amides is 1. The summed E-state index contributed by atoms with van der Waals surface area (Å²) in [5.41, 5.74) is 2.30. The van der Waals surface area contributed by atoms with Gasteiger partial charge < -0.3 is 15.0 Å². The highest BCUT2D eigenvalue weighted by atomic mass is 16.5. The number of aromatic nitrogens is 1. The number of piperazine rings is 1. The molecule has 162 valence electrons. The van der Waals surface area contributed by atoms with Crippen LogP contribution in [-0.2, 0) is 9.53 Å². The molecule has 7 nitrogen and oxygen atoms in total. The van der Waals surface area contributed by atoms with Crippen LogP contribution < -0.4 is 10.2 Å². The van der Waals surface area contributed by atoms with E-state index in [-0.39, 0.29) is 17.9 Å². The molecule has 7 heteroatoms. The van der Waals surface area contributed by atoms with Crippen LogP contribution in [0.25, 0.3) is 10.9 Å². The third kappa shape index (κ3) is 4.90. The Labute approximate surface area is 178 Å². The fourth-order valence-electron chi connectivity index (χ4n) is 3.78. The number of rotatable bonds is 7. The van der Waals surface area contributed by atoms with Crippen molar-refractivity contribution in [2.75, 3.05) is 44.2 Å². The van der Waals surface area contributed by atoms with E-state index in [0.29, 0.717) is 37.6 Å². The summed E-state index contributed by atoms with van der Waals surface area (Å²) in [5.74, 6) is 0.400. The second kappa shape index (κ2) is 9.89. The molecule has 1 aromatic carbocycles. The molecular weight excluding hydrogens is 380 g/mol. The first-order valence-corrected chi connectivity index (χ1v) is 10.8. The van der Waals surface area contributed by atoms with Crippen molar-refractivity contribution in [1.29, 1.82) is 0 Å². The van der Waals surface area contributed by atoms with Crippen molar-refractivity contribution >= 4 is 28.6 Å². The fourth-order valence-corrected chi connectivity index (χ4v) is 3.78. The van der Waals surface area contributed by atoms with Gasteiger partial charge in [-0.1, -0.05) is 25.1 Å². The van der Waals surface area contributed by atoms with Crippen LogP contribution in [0.5, 0.6) is 0 Å².